The number of hydrogen-bond donors (Lipinski definition) is 0. The fourth-order valence-corrected chi connectivity index (χ4v) is 5.59. The quantitative estimate of drug-likeness (QED) is 0.241. The van der Waals surface area contributed by atoms with Crippen molar-refractivity contribution in [2.45, 2.75) is 96.0 Å². The molecule has 2 aromatic rings. The van der Waals surface area contributed by atoms with Crippen LogP contribution in [0.5, 0.6) is 0 Å². The highest BCUT2D eigenvalue weighted by atomic mass is 19.3. The molecule has 1 saturated heterocycles. The van der Waals surface area contributed by atoms with Crippen molar-refractivity contribution in [2.24, 2.45) is 5.92 Å². The van der Waals surface area contributed by atoms with E-state index in [1.165, 1.54) is 37.1 Å². The second kappa shape index (κ2) is 10.8. The Bertz CT molecular complexity index is 1070. The van der Waals surface area contributed by atoms with Crippen LogP contribution in [-0.2, 0) is 29.4 Å². The van der Waals surface area contributed by atoms with Crippen LogP contribution in [0.3, 0.4) is 0 Å². The van der Waals surface area contributed by atoms with Crippen LogP contribution >= 0.6 is 0 Å². The van der Waals surface area contributed by atoms with Gasteiger partial charge in [0.15, 0.2) is 0 Å². The zero-order valence-electron chi connectivity index (χ0n) is 20.9. The van der Waals surface area contributed by atoms with Crippen LogP contribution in [0, 0.1) is 17.6 Å². The van der Waals surface area contributed by atoms with Gasteiger partial charge >= 0.3 is 11.8 Å². The Labute approximate surface area is 209 Å². The van der Waals surface area contributed by atoms with Crippen molar-refractivity contribution in [2.75, 3.05) is 6.61 Å². The van der Waals surface area contributed by atoms with Crippen LogP contribution in [-0.4, -0.2) is 12.7 Å². The highest BCUT2D eigenvalue weighted by Crippen LogP contribution is 2.59. The van der Waals surface area contributed by atoms with Crippen LogP contribution in [0.1, 0.15) is 87.5 Å². The summed E-state index contributed by atoms with van der Waals surface area (Å²) in [6.45, 7) is 4.53. The maximum atomic E-state index is 15.4. The fourth-order valence-electron chi connectivity index (χ4n) is 5.59. The molecule has 0 amide bonds. The third-order valence-electron chi connectivity index (χ3n) is 7.69. The van der Waals surface area contributed by atoms with Gasteiger partial charge in [-0.05, 0) is 66.7 Å². The van der Waals surface area contributed by atoms with Gasteiger partial charge in [0, 0.05) is 6.61 Å². The molecule has 2 aromatic carbocycles. The summed E-state index contributed by atoms with van der Waals surface area (Å²) in [5.41, 5.74) is -3.55. The Morgan fingerprint density at radius 2 is 1.33 bits per heavy atom. The van der Waals surface area contributed by atoms with Gasteiger partial charge in [-0.2, -0.15) is 17.6 Å². The number of aryl methyl sites for hydroxylation is 2. The fraction of sp³-hybridized carbons (Fsp3) is 0.586. The molecular weight excluding hydrogens is 478 g/mol. The standard InChI is InChI=1S/C29H34F6O/c1-3-5-6-8-18-9-13-21(36-17-18)14-10-20-12-16-23-22-15-11-19(7-4-2)26(30)24(22)28(32,33)29(34,35)25(23)27(20)31/h11-12,15-16,18,21H,3-10,13-14,17H2,1-2H3. The van der Waals surface area contributed by atoms with Crippen LogP contribution in [0.25, 0.3) is 11.1 Å². The topological polar surface area (TPSA) is 9.23 Å². The monoisotopic (exact) mass is 512 g/mol. The summed E-state index contributed by atoms with van der Waals surface area (Å²) in [6.07, 6.45) is 7.47. The molecule has 1 aliphatic heterocycles. The summed E-state index contributed by atoms with van der Waals surface area (Å²) < 4.78 is 96.9. The summed E-state index contributed by atoms with van der Waals surface area (Å²) in [4.78, 5) is 0. The molecule has 1 aliphatic carbocycles. The number of ether oxygens (including phenoxy) is 1. The predicted molar refractivity (Wildman–Crippen MR) is 129 cm³/mol. The first-order valence-corrected chi connectivity index (χ1v) is 13.1. The van der Waals surface area contributed by atoms with Crippen molar-refractivity contribution in [3.63, 3.8) is 0 Å². The van der Waals surface area contributed by atoms with Crippen molar-refractivity contribution >= 4 is 0 Å². The summed E-state index contributed by atoms with van der Waals surface area (Å²) in [7, 11) is 0. The average Bonchev–Trinajstić information content (AvgIpc) is 2.84. The number of hydrogen-bond acceptors (Lipinski definition) is 1. The molecule has 0 bridgehead atoms. The molecule has 36 heavy (non-hydrogen) atoms. The summed E-state index contributed by atoms with van der Waals surface area (Å²) in [5, 5.41) is 0. The molecule has 1 fully saturated rings. The van der Waals surface area contributed by atoms with E-state index in [1.807, 2.05) is 0 Å². The number of unbranched alkanes of at least 4 members (excludes halogenated alkanes) is 2. The molecule has 2 aliphatic rings. The molecule has 4 rings (SSSR count). The first kappa shape index (κ1) is 27.0. The van der Waals surface area contributed by atoms with Gasteiger partial charge in [-0.25, -0.2) is 8.78 Å². The second-order valence-electron chi connectivity index (χ2n) is 10.3. The molecule has 0 radical (unpaired) electrons. The van der Waals surface area contributed by atoms with E-state index in [-0.39, 0.29) is 41.2 Å². The van der Waals surface area contributed by atoms with Gasteiger partial charge in [-0.15, -0.1) is 0 Å². The van der Waals surface area contributed by atoms with Gasteiger partial charge < -0.3 is 4.74 Å². The lowest BCUT2D eigenvalue weighted by atomic mass is 9.78. The maximum absolute atomic E-state index is 15.4. The molecular formula is C29H34F6O. The van der Waals surface area contributed by atoms with Gasteiger partial charge in [0.25, 0.3) is 0 Å². The zero-order chi connectivity index (χ0) is 26.1. The van der Waals surface area contributed by atoms with Gasteiger partial charge in [0.1, 0.15) is 11.6 Å². The Morgan fingerprint density at radius 3 is 1.83 bits per heavy atom. The van der Waals surface area contributed by atoms with Crippen LogP contribution < -0.4 is 0 Å². The van der Waals surface area contributed by atoms with E-state index in [1.54, 1.807) is 6.92 Å². The molecule has 2 atom stereocenters. The number of alkyl halides is 4. The molecule has 1 heterocycles. The van der Waals surface area contributed by atoms with E-state index in [9.17, 15) is 4.39 Å². The van der Waals surface area contributed by atoms with Crippen molar-refractivity contribution in [3.8, 4) is 11.1 Å². The maximum Gasteiger partial charge on any atom is 0.343 e. The Hall–Kier alpha value is -2.02. The van der Waals surface area contributed by atoms with E-state index in [4.69, 9.17) is 4.74 Å². The van der Waals surface area contributed by atoms with Crippen molar-refractivity contribution < 1.29 is 31.1 Å². The molecule has 198 valence electrons. The van der Waals surface area contributed by atoms with E-state index in [0.717, 1.165) is 25.7 Å². The molecule has 1 nitrogen and oxygen atoms in total. The van der Waals surface area contributed by atoms with Gasteiger partial charge in [0.05, 0.1) is 17.2 Å². The average molecular weight is 513 g/mol. The van der Waals surface area contributed by atoms with E-state index in [2.05, 4.69) is 6.92 Å². The summed E-state index contributed by atoms with van der Waals surface area (Å²) in [5.74, 6) is -11.9. The highest BCUT2D eigenvalue weighted by Gasteiger charge is 2.65. The molecule has 0 N–H and O–H groups in total. The molecule has 7 heteroatoms. The lowest BCUT2D eigenvalue weighted by Crippen LogP contribution is -2.41. The van der Waals surface area contributed by atoms with E-state index >= 15 is 22.0 Å². The van der Waals surface area contributed by atoms with Crippen LogP contribution in [0.4, 0.5) is 26.3 Å². The molecule has 0 spiro atoms. The minimum Gasteiger partial charge on any atom is -0.378 e. The number of halogens is 6. The SMILES string of the molecule is CCCCCC1CCC(CCc2ccc3c(c2F)C(F)(F)C(F)(F)c2c-3ccc(CCC)c2F)OC1. The molecule has 0 aromatic heterocycles. The summed E-state index contributed by atoms with van der Waals surface area (Å²) >= 11 is 0. The first-order chi connectivity index (χ1) is 17.1. The first-order valence-electron chi connectivity index (χ1n) is 13.1. The highest BCUT2D eigenvalue weighted by molar-refractivity contribution is 5.77. The summed E-state index contributed by atoms with van der Waals surface area (Å²) in [6, 6.07) is 5.10. The Morgan fingerprint density at radius 1 is 0.750 bits per heavy atom. The minimum atomic E-state index is -4.88. The zero-order valence-corrected chi connectivity index (χ0v) is 20.9. The predicted octanol–water partition coefficient (Wildman–Crippen LogP) is 9.09. The van der Waals surface area contributed by atoms with Gasteiger partial charge in [-0.1, -0.05) is 63.8 Å². The normalized spacial score (nSPS) is 22.2. The lowest BCUT2D eigenvalue weighted by molar-refractivity contribution is -0.227. The van der Waals surface area contributed by atoms with E-state index in [0.29, 0.717) is 25.4 Å². The van der Waals surface area contributed by atoms with Crippen LogP contribution in [0.2, 0.25) is 0 Å². The van der Waals surface area contributed by atoms with Crippen LogP contribution in [0.15, 0.2) is 24.3 Å². The number of fused-ring (bicyclic) bond motifs is 3. The largest absolute Gasteiger partial charge is 0.378 e. The lowest BCUT2D eigenvalue weighted by Gasteiger charge is -2.36. The van der Waals surface area contributed by atoms with E-state index < -0.39 is 34.6 Å². The van der Waals surface area contributed by atoms with Crippen molar-refractivity contribution in [1.29, 1.82) is 0 Å². The Kier molecular flexibility index (Phi) is 8.08. The molecule has 2 unspecified atom stereocenters. The van der Waals surface area contributed by atoms with Gasteiger partial charge in [0.2, 0.25) is 0 Å². The Balaban J connectivity index is 1.57. The molecule has 0 saturated carbocycles. The van der Waals surface area contributed by atoms with Crippen molar-refractivity contribution in [1.82, 2.24) is 0 Å². The minimum absolute atomic E-state index is 0.0487. The van der Waals surface area contributed by atoms with Crippen molar-refractivity contribution in [3.05, 3.63) is 58.2 Å². The number of benzene rings is 2. The number of rotatable bonds is 9. The third kappa shape index (κ3) is 4.80. The second-order valence-corrected chi connectivity index (χ2v) is 10.3. The van der Waals surface area contributed by atoms with Gasteiger partial charge in [-0.3, -0.25) is 0 Å². The smallest absolute Gasteiger partial charge is 0.343 e. The third-order valence-corrected chi connectivity index (χ3v) is 7.69.